The molecule has 1 amide bonds. The summed E-state index contributed by atoms with van der Waals surface area (Å²) >= 11 is 0. The van der Waals surface area contributed by atoms with Gasteiger partial charge in [0.25, 0.3) is 11.5 Å². The first-order chi connectivity index (χ1) is 14.8. The van der Waals surface area contributed by atoms with Gasteiger partial charge in [-0.25, -0.2) is 4.98 Å². The van der Waals surface area contributed by atoms with Crippen molar-refractivity contribution in [1.29, 1.82) is 0 Å². The van der Waals surface area contributed by atoms with Crippen molar-refractivity contribution >= 4 is 34.3 Å². The molecule has 0 saturated carbocycles. The largest absolute Gasteiger partial charge is 0.453 e. The first-order valence-corrected chi connectivity index (χ1v) is 9.83. The van der Waals surface area contributed by atoms with Crippen LogP contribution in [0, 0.1) is 0 Å². The van der Waals surface area contributed by atoms with Crippen LogP contribution in [0.25, 0.3) is 10.9 Å². The lowest BCUT2D eigenvalue weighted by atomic mass is 10.1. The zero-order chi connectivity index (χ0) is 22.5. The van der Waals surface area contributed by atoms with Gasteiger partial charge >= 0.3 is 5.97 Å². The van der Waals surface area contributed by atoms with Gasteiger partial charge in [-0.15, -0.1) is 0 Å². The predicted octanol–water partition coefficient (Wildman–Crippen LogP) is 2.64. The molecule has 0 bridgehead atoms. The highest BCUT2D eigenvalue weighted by Gasteiger charge is 2.20. The molecule has 2 aromatic carbocycles. The maximum absolute atomic E-state index is 12.4. The summed E-state index contributed by atoms with van der Waals surface area (Å²) in [5.74, 6) is -0.870. The topological polar surface area (TPSA) is 107 Å². The Morgan fingerprint density at radius 3 is 2.52 bits per heavy atom. The maximum Gasteiger partial charge on any atom is 0.307 e. The normalized spacial score (nSPS) is 11.7. The third-order valence-corrected chi connectivity index (χ3v) is 4.87. The monoisotopic (exact) mass is 421 g/mol. The van der Waals surface area contributed by atoms with Crippen molar-refractivity contribution < 1.29 is 19.1 Å². The van der Waals surface area contributed by atoms with Crippen molar-refractivity contribution in [3.63, 3.8) is 0 Å². The fraction of sp³-hybridized carbons (Fsp3) is 0.261. The van der Waals surface area contributed by atoms with E-state index in [0.29, 0.717) is 28.0 Å². The van der Waals surface area contributed by atoms with E-state index in [1.165, 1.54) is 18.4 Å². The molecule has 8 heteroatoms. The molecular weight excluding hydrogens is 398 g/mol. The molecule has 1 heterocycles. The number of rotatable bonds is 7. The van der Waals surface area contributed by atoms with E-state index in [-0.39, 0.29) is 24.2 Å². The van der Waals surface area contributed by atoms with Crippen LogP contribution in [0.5, 0.6) is 0 Å². The molecule has 8 nitrogen and oxygen atoms in total. The molecular formula is C23H23N3O5. The number of carbonyl (C=O) groups is 3. The van der Waals surface area contributed by atoms with E-state index in [4.69, 9.17) is 4.74 Å². The van der Waals surface area contributed by atoms with Crippen molar-refractivity contribution in [2.24, 2.45) is 7.05 Å². The number of benzene rings is 2. The summed E-state index contributed by atoms with van der Waals surface area (Å²) in [5.41, 5.74) is 1.10. The second-order valence-corrected chi connectivity index (χ2v) is 7.13. The van der Waals surface area contributed by atoms with Crippen LogP contribution in [0.2, 0.25) is 0 Å². The number of Topliss-reactive ketones (excluding diaryl/α,β-unsaturated/α-hetero) is 1. The number of anilines is 1. The predicted molar refractivity (Wildman–Crippen MR) is 116 cm³/mol. The molecule has 0 saturated heterocycles. The van der Waals surface area contributed by atoms with Crippen molar-refractivity contribution in [2.45, 2.75) is 32.8 Å². The number of ether oxygens (including phenoxy) is 1. The highest BCUT2D eigenvalue weighted by Crippen LogP contribution is 2.16. The summed E-state index contributed by atoms with van der Waals surface area (Å²) in [7, 11) is 1.60. The molecule has 1 aromatic heterocycles. The van der Waals surface area contributed by atoms with Gasteiger partial charge < -0.3 is 10.1 Å². The average Bonchev–Trinajstić information content (AvgIpc) is 2.75. The number of aromatic nitrogens is 2. The van der Waals surface area contributed by atoms with Crippen LogP contribution in [-0.4, -0.2) is 33.3 Å². The Bertz CT molecular complexity index is 1220. The van der Waals surface area contributed by atoms with Gasteiger partial charge in [0.1, 0.15) is 5.82 Å². The van der Waals surface area contributed by atoms with E-state index in [0.717, 1.165) is 0 Å². The van der Waals surface area contributed by atoms with E-state index in [2.05, 4.69) is 10.3 Å². The molecule has 31 heavy (non-hydrogen) atoms. The first-order valence-electron chi connectivity index (χ1n) is 9.83. The number of nitrogens with zero attached hydrogens (tertiary/aromatic N) is 2. The fourth-order valence-electron chi connectivity index (χ4n) is 3.14. The Morgan fingerprint density at radius 2 is 1.77 bits per heavy atom. The van der Waals surface area contributed by atoms with Crippen LogP contribution in [0.1, 0.15) is 36.5 Å². The smallest absolute Gasteiger partial charge is 0.307 e. The van der Waals surface area contributed by atoms with Gasteiger partial charge in [0.15, 0.2) is 11.9 Å². The summed E-state index contributed by atoms with van der Waals surface area (Å²) < 4.78 is 6.62. The van der Waals surface area contributed by atoms with E-state index in [9.17, 15) is 19.2 Å². The van der Waals surface area contributed by atoms with Gasteiger partial charge in [-0.05, 0) is 38.1 Å². The van der Waals surface area contributed by atoms with Crippen LogP contribution in [0.15, 0.2) is 53.3 Å². The molecule has 0 aliphatic heterocycles. The SMILES string of the molecule is CC(=O)c1ccccc1NC(=O)[C@H](C)OC(=O)CCc1nc2ccccc2c(=O)n1C. The number of hydrogen-bond acceptors (Lipinski definition) is 6. The third-order valence-electron chi connectivity index (χ3n) is 4.87. The van der Waals surface area contributed by atoms with E-state index in [1.807, 2.05) is 0 Å². The lowest BCUT2D eigenvalue weighted by Gasteiger charge is -2.15. The number of aryl methyl sites for hydroxylation is 1. The van der Waals surface area contributed by atoms with Gasteiger partial charge in [0.05, 0.1) is 23.0 Å². The van der Waals surface area contributed by atoms with Gasteiger partial charge in [0.2, 0.25) is 0 Å². The quantitative estimate of drug-likeness (QED) is 0.464. The fourth-order valence-corrected chi connectivity index (χ4v) is 3.14. The molecule has 0 aliphatic carbocycles. The van der Waals surface area contributed by atoms with Gasteiger partial charge in [-0.3, -0.25) is 23.7 Å². The van der Waals surface area contributed by atoms with Crippen molar-refractivity contribution in [3.05, 3.63) is 70.3 Å². The second kappa shape index (κ2) is 9.34. The lowest BCUT2D eigenvalue weighted by molar-refractivity contribution is -0.153. The molecule has 0 fully saturated rings. The summed E-state index contributed by atoms with van der Waals surface area (Å²) in [6, 6.07) is 13.6. The first kappa shape index (κ1) is 21.9. The Morgan fingerprint density at radius 1 is 1.10 bits per heavy atom. The van der Waals surface area contributed by atoms with Crippen LogP contribution in [0.4, 0.5) is 5.69 Å². The minimum atomic E-state index is -1.05. The van der Waals surface area contributed by atoms with Crippen LogP contribution >= 0.6 is 0 Å². The van der Waals surface area contributed by atoms with E-state index < -0.39 is 18.0 Å². The molecule has 0 spiro atoms. The summed E-state index contributed by atoms with van der Waals surface area (Å²) in [6.07, 6.45) is -0.905. The number of para-hydroxylation sites is 2. The van der Waals surface area contributed by atoms with Gasteiger partial charge in [-0.1, -0.05) is 24.3 Å². The molecule has 0 aliphatic rings. The maximum atomic E-state index is 12.4. The summed E-state index contributed by atoms with van der Waals surface area (Å²) in [5, 5.41) is 3.12. The molecule has 0 unspecified atom stereocenters. The zero-order valence-electron chi connectivity index (χ0n) is 17.5. The molecule has 3 rings (SSSR count). The Balaban J connectivity index is 1.62. The van der Waals surface area contributed by atoms with E-state index in [1.54, 1.807) is 55.6 Å². The van der Waals surface area contributed by atoms with Crippen molar-refractivity contribution in [2.75, 3.05) is 5.32 Å². The van der Waals surface area contributed by atoms with Crippen molar-refractivity contribution in [1.82, 2.24) is 9.55 Å². The highest BCUT2D eigenvalue weighted by molar-refractivity contribution is 6.04. The molecule has 1 atom stereocenters. The molecule has 1 N–H and O–H groups in total. The molecule has 160 valence electrons. The third kappa shape index (κ3) is 5.03. The number of nitrogens with one attached hydrogen (secondary N) is 1. The number of fused-ring (bicyclic) bond motifs is 1. The number of esters is 1. The van der Waals surface area contributed by atoms with Gasteiger partial charge in [0, 0.05) is 19.0 Å². The van der Waals surface area contributed by atoms with Crippen LogP contribution < -0.4 is 10.9 Å². The standard InChI is InChI=1S/C23H23N3O5/c1-14(27)16-8-4-6-10-18(16)25-22(29)15(2)31-21(28)13-12-20-24-19-11-7-5-9-17(19)23(30)26(20)3/h4-11,15H,12-13H2,1-3H3,(H,25,29)/t15-/m0/s1. The number of carbonyl (C=O) groups excluding carboxylic acids is 3. The highest BCUT2D eigenvalue weighted by atomic mass is 16.5. The Kier molecular flexibility index (Phi) is 6.59. The molecule has 3 aromatic rings. The Labute approximate surface area is 178 Å². The van der Waals surface area contributed by atoms with Crippen LogP contribution in [-0.2, 0) is 27.8 Å². The number of ketones is 1. The zero-order valence-corrected chi connectivity index (χ0v) is 17.5. The van der Waals surface area contributed by atoms with Crippen LogP contribution in [0.3, 0.4) is 0 Å². The summed E-state index contributed by atoms with van der Waals surface area (Å²) in [4.78, 5) is 53.2. The van der Waals surface area contributed by atoms with Crippen molar-refractivity contribution in [3.8, 4) is 0 Å². The second-order valence-electron chi connectivity index (χ2n) is 7.13. The molecule has 0 radical (unpaired) electrons. The minimum absolute atomic E-state index is 0.0414. The summed E-state index contributed by atoms with van der Waals surface area (Å²) in [6.45, 7) is 2.86. The van der Waals surface area contributed by atoms with E-state index >= 15 is 0 Å². The Hall–Kier alpha value is -3.81. The lowest BCUT2D eigenvalue weighted by Crippen LogP contribution is -2.31. The average molecular weight is 421 g/mol. The number of amides is 1. The number of hydrogen-bond donors (Lipinski definition) is 1. The van der Waals surface area contributed by atoms with Gasteiger partial charge in [-0.2, -0.15) is 0 Å². The minimum Gasteiger partial charge on any atom is -0.453 e.